The number of fused-ring (bicyclic) bond motifs is 1. The van der Waals surface area contributed by atoms with Crippen LogP contribution >= 0.6 is 15.9 Å². The molecule has 0 radical (unpaired) electrons. The van der Waals surface area contributed by atoms with Crippen LogP contribution in [0.4, 0.5) is 19.4 Å². The second kappa shape index (κ2) is 12.7. The maximum atomic E-state index is 13.9. The summed E-state index contributed by atoms with van der Waals surface area (Å²) < 4.78 is 46.5. The second-order valence-electron chi connectivity index (χ2n) is 9.66. The quantitative estimate of drug-likeness (QED) is 0.233. The van der Waals surface area contributed by atoms with Crippen LogP contribution in [0.5, 0.6) is 11.5 Å². The van der Waals surface area contributed by atoms with Gasteiger partial charge in [-0.25, -0.2) is 23.5 Å². The molecule has 0 aliphatic carbocycles. The number of alkyl halides is 2. The van der Waals surface area contributed by atoms with Gasteiger partial charge in [0.1, 0.15) is 34.1 Å². The van der Waals surface area contributed by atoms with E-state index in [-0.39, 0.29) is 25.5 Å². The normalized spacial score (nSPS) is 17.1. The van der Waals surface area contributed by atoms with Gasteiger partial charge in [0.2, 0.25) is 0 Å². The summed E-state index contributed by atoms with van der Waals surface area (Å²) in [5.74, 6) is 2.30. The van der Waals surface area contributed by atoms with Crippen molar-refractivity contribution in [2.75, 3.05) is 26.1 Å². The Bertz CT molecular complexity index is 1500. The second-order valence-corrected chi connectivity index (χ2v) is 10.4. The minimum atomic E-state index is -2.68. The number of piperidine rings is 1. The van der Waals surface area contributed by atoms with Crippen molar-refractivity contribution < 1.29 is 27.8 Å². The SMILES string of the molecule is COc1ccc(CNc2nccn3c([C@@H]4CC[C@H](C(F)F)N(C(=O)OCc5ccccc5)C4)nc(Br)c23)c(OC)c1. The van der Waals surface area contributed by atoms with Gasteiger partial charge in [-0.3, -0.25) is 9.30 Å². The molecular formula is C29H30BrF2N5O4. The van der Waals surface area contributed by atoms with Gasteiger partial charge >= 0.3 is 6.09 Å². The van der Waals surface area contributed by atoms with Crippen molar-refractivity contribution in [1.82, 2.24) is 19.3 Å². The number of amides is 1. The molecule has 0 saturated carbocycles. The van der Waals surface area contributed by atoms with E-state index in [1.165, 1.54) is 0 Å². The van der Waals surface area contributed by atoms with Crippen LogP contribution in [-0.2, 0) is 17.9 Å². The Hall–Kier alpha value is -3.93. The number of carbonyl (C=O) groups excluding carboxylic acids is 1. The molecule has 0 spiro atoms. The van der Waals surface area contributed by atoms with E-state index in [1.54, 1.807) is 26.6 Å². The van der Waals surface area contributed by atoms with E-state index < -0.39 is 18.6 Å². The van der Waals surface area contributed by atoms with E-state index in [1.807, 2.05) is 52.9 Å². The fraction of sp³-hybridized carbons (Fsp3) is 0.345. The largest absolute Gasteiger partial charge is 0.497 e. The Morgan fingerprint density at radius 2 is 1.95 bits per heavy atom. The summed E-state index contributed by atoms with van der Waals surface area (Å²) >= 11 is 3.56. The highest BCUT2D eigenvalue weighted by atomic mass is 79.9. The molecule has 41 heavy (non-hydrogen) atoms. The first kappa shape index (κ1) is 28.6. The third kappa shape index (κ3) is 6.22. The van der Waals surface area contributed by atoms with E-state index in [4.69, 9.17) is 19.2 Å². The summed E-state index contributed by atoms with van der Waals surface area (Å²) in [6.45, 7) is 0.490. The van der Waals surface area contributed by atoms with Crippen LogP contribution in [-0.4, -0.2) is 58.6 Å². The summed E-state index contributed by atoms with van der Waals surface area (Å²) in [4.78, 5) is 23.4. The van der Waals surface area contributed by atoms with Crippen LogP contribution in [0.25, 0.3) is 5.52 Å². The highest BCUT2D eigenvalue weighted by Gasteiger charge is 2.39. The average molecular weight is 630 g/mol. The van der Waals surface area contributed by atoms with Crippen LogP contribution in [0.15, 0.2) is 65.5 Å². The topological polar surface area (TPSA) is 90.2 Å². The summed E-state index contributed by atoms with van der Waals surface area (Å²) in [6.07, 6.45) is 0.549. The first-order chi connectivity index (χ1) is 19.9. The number of imidazole rings is 1. The zero-order chi connectivity index (χ0) is 28.9. The lowest BCUT2D eigenvalue weighted by Gasteiger charge is -2.38. The molecule has 1 N–H and O–H groups in total. The zero-order valence-electron chi connectivity index (χ0n) is 22.6. The Balaban J connectivity index is 1.36. The van der Waals surface area contributed by atoms with Crippen LogP contribution < -0.4 is 14.8 Å². The van der Waals surface area contributed by atoms with Crippen LogP contribution in [0, 0.1) is 0 Å². The predicted molar refractivity (Wildman–Crippen MR) is 153 cm³/mol. The van der Waals surface area contributed by atoms with Gasteiger partial charge in [-0.2, -0.15) is 0 Å². The van der Waals surface area contributed by atoms with Crippen LogP contribution in [0.2, 0.25) is 0 Å². The third-order valence-corrected chi connectivity index (χ3v) is 7.76. The summed E-state index contributed by atoms with van der Waals surface area (Å²) in [5, 5.41) is 3.35. The Morgan fingerprint density at radius 3 is 2.68 bits per heavy atom. The Morgan fingerprint density at radius 1 is 1.15 bits per heavy atom. The fourth-order valence-corrected chi connectivity index (χ4v) is 5.65. The van der Waals surface area contributed by atoms with Crippen molar-refractivity contribution in [3.05, 3.63) is 82.5 Å². The Labute approximate surface area is 244 Å². The minimum absolute atomic E-state index is 0.00827. The fourth-order valence-electron chi connectivity index (χ4n) is 5.09. The molecule has 3 heterocycles. The van der Waals surface area contributed by atoms with E-state index >= 15 is 0 Å². The molecule has 2 aromatic heterocycles. The lowest BCUT2D eigenvalue weighted by molar-refractivity contribution is -0.00662. The predicted octanol–water partition coefficient (Wildman–Crippen LogP) is 6.27. The molecule has 0 unspecified atom stereocenters. The lowest BCUT2D eigenvalue weighted by atomic mass is 9.92. The number of aromatic nitrogens is 3. The molecule has 1 amide bonds. The molecule has 0 bridgehead atoms. The van der Waals surface area contributed by atoms with Crippen molar-refractivity contribution in [1.29, 1.82) is 0 Å². The molecule has 1 saturated heterocycles. The van der Waals surface area contributed by atoms with Crippen molar-refractivity contribution in [2.24, 2.45) is 0 Å². The molecular weight excluding hydrogens is 600 g/mol. The molecule has 5 rings (SSSR count). The van der Waals surface area contributed by atoms with Crippen molar-refractivity contribution >= 4 is 33.4 Å². The lowest BCUT2D eigenvalue weighted by Crippen LogP contribution is -2.50. The number of ether oxygens (including phenoxy) is 3. The van der Waals surface area contributed by atoms with Gasteiger partial charge in [0.15, 0.2) is 5.82 Å². The molecule has 1 fully saturated rings. The number of methoxy groups -OCH3 is 2. The molecule has 1 aliphatic rings. The summed E-state index contributed by atoms with van der Waals surface area (Å²) in [6, 6.07) is 13.5. The Kier molecular flexibility index (Phi) is 8.87. The van der Waals surface area contributed by atoms with E-state index in [0.29, 0.717) is 46.2 Å². The number of anilines is 1. The van der Waals surface area contributed by atoms with Gasteiger partial charge in [0.05, 0.1) is 20.3 Å². The smallest absolute Gasteiger partial charge is 0.410 e. The molecule has 4 aromatic rings. The monoisotopic (exact) mass is 629 g/mol. The van der Waals surface area contributed by atoms with E-state index in [2.05, 4.69) is 26.2 Å². The third-order valence-electron chi connectivity index (χ3n) is 7.20. The number of hydrogen-bond donors (Lipinski definition) is 1. The number of nitrogens with zero attached hydrogens (tertiary/aromatic N) is 4. The number of benzene rings is 2. The highest BCUT2D eigenvalue weighted by molar-refractivity contribution is 9.10. The minimum Gasteiger partial charge on any atom is -0.497 e. The number of likely N-dealkylation sites (tertiary alicyclic amines) is 1. The average Bonchev–Trinajstić information content (AvgIpc) is 3.35. The maximum absolute atomic E-state index is 13.9. The number of nitrogens with one attached hydrogen (secondary N) is 1. The van der Waals surface area contributed by atoms with E-state index in [0.717, 1.165) is 16.0 Å². The van der Waals surface area contributed by atoms with Gasteiger partial charge in [-0.15, -0.1) is 0 Å². The number of hydrogen-bond acceptors (Lipinski definition) is 7. The summed E-state index contributed by atoms with van der Waals surface area (Å²) in [5.41, 5.74) is 2.39. The maximum Gasteiger partial charge on any atom is 0.410 e. The van der Waals surface area contributed by atoms with Crippen molar-refractivity contribution in [3.63, 3.8) is 0 Å². The van der Waals surface area contributed by atoms with Gasteiger partial charge in [-0.1, -0.05) is 30.3 Å². The number of halogens is 3. The number of carbonyl (C=O) groups is 1. The van der Waals surface area contributed by atoms with Gasteiger partial charge < -0.3 is 19.5 Å². The molecule has 1 aliphatic heterocycles. The van der Waals surface area contributed by atoms with Crippen molar-refractivity contribution in [3.8, 4) is 11.5 Å². The molecule has 2 atom stereocenters. The highest BCUT2D eigenvalue weighted by Crippen LogP contribution is 2.36. The molecule has 9 nitrogen and oxygen atoms in total. The zero-order valence-corrected chi connectivity index (χ0v) is 24.2. The van der Waals surface area contributed by atoms with Gasteiger partial charge in [0, 0.05) is 43.0 Å². The van der Waals surface area contributed by atoms with Crippen molar-refractivity contribution in [2.45, 2.75) is 44.4 Å². The van der Waals surface area contributed by atoms with Gasteiger partial charge in [-0.05, 0) is 46.5 Å². The molecule has 12 heteroatoms. The first-order valence-corrected chi connectivity index (χ1v) is 13.9. The standard InChI is InChI=1S/C29H30BrF2N5O4/c1-39-21-10-8-19(23(14-21)40-2)15-34-27-24-25(30)35-28(36(24)13-12-33-27)20-9-11-22(26(31)32)37(16-20)29(38)41-17-18-6-4-3-5-7-18/h3-8,10,12-14,20,22,26H,9,11,15-17H2,1-2H3,(H,33,34)/t20-,22-/m1/s1. The van der Waals surface area contributed by atoms with Crippen LogP contribution in [0.3, 0.4) is 0 Å². The molecule has 2 aromatic carbocycles. The van der Waals surface area contributed by atoms with Crippen LogP contribution in [0.1, 0.15) is 35.7 Å². The van der Waals surface area contributed by atoms with E-state index in [9.17, 15) is 13.6 Å². The summed E-state index contributed by atoms with van der Waals surface area (Å²) in [7, 11) is 3.19. The number of rotatable bonds is 9. The molecule has 216 valence electrons. The first-order valence-electron chi connectivity index (χ1n) is 13.1. The van der Waals surface area contributed by atoms with Gasteiger partial charge in [0.25, 0.3) is 6.43 Å².